The Morgan fingerprint density at radius 2 is 1.89 bits per heavy atom. The molecule has 0 aliphatic carbocycles. The third-order valence-electron chi connectivity index (χ3n) is 2.83. The zero-order valence-electron chi connectivity index (χ0n) is 10.3. The highest BCUT2D eigenvalue weighted by atomic mass is 79.9. The molecular weight excluding hydrogens is 347 g/mol. The summed E-state index contributed by atoms with van der Waals surface area (Å²) in [6.45, 7) is 0.663. The van der Waals surface area contributed by atoms with Crippen molar-refractivity contribution in [3.8, 4) is 0 Å². The Hall–Kier alpha value is -0.900. The molecule has 100 valence electrons. The third-order valence-corrected chi connectivity index (χ3v) is 3.91. The molecule has 0 aliphatic heterocycles. The second-order valence-corrected chi connectivity index (χ2v) is 6.05. The smallest absolute Gasteiger partial charge is 0.0615 e. The van der Waals surface area contributed by atoms with Gasteiger partial charge in [-0.05, 0) is 35.9 Å². The Bertz CT molecular complexity index is 602. The van der Waals surface area contributed by atoms with Crippen molar-refractivity contribution < 1.29 is 0 Å². The predicted molar refractivity (Wildman–Crippen MR) is 87.1 cm³/mol. The summed E-state index contributed by atoms with van der Waals surface area (Å²) in [5.74, 6) is 0. The van der Waals surface area contributed by atoms with E-state index >= 15 is 0 Å². The molecular formula is C14H13BrCl2N2. The predicted octanol–water partition coefficient (Wildman–Crippen LogP) is 4.97. The Labute approximate surface area is 131 Å². The van der Waals surface area contributed by atoms with E-state index in [1.807, 2.05) is 36.2 Å². The Balaban J connectivity index is 2.25. The molecule has 0 aromatic heterocycles. The minimum Gasteiger partial charge on any atom is -0.397 e. The molecule has 0 fully saturated rings. The molecule has 0 aliphatic rings. The van der Waals surface area contributed by atoms with E-state index in [0.717, 1.165) is 20.7 Å². The number of rotatable bonds is 3. The first-order chi connectivity index (χ1) is 8.97. The lowest BCUT2D eigenvalue weighted by atomic mass is 10.2. The minimum absolute atomic E-state index is 0.663. The number of halogens is 3. The fourth-order valence-electron chi connectivity index (χ4n) is 1.84. The molecule has 0 heterocycles. The normalized spacial score (nSPS) is 10.5. The number of hydrogen-bond acceptors (Lipinski definition) is 2. The van der Waals surface area contributed by atoms with E-state index < -0.39 is 0 Å². The van der Waals surface area contributed by atoms with Crippen LogP contribution in [0.2, 0.25) is 10.0 Å². The zero-order chi connectivity index (χ0) is 14.0. The molecule has 0 radical (unpaired) electrons. The second kappa shape index (κ2) is 6.04. The Morgan fingerprint density at radius 1 is 1.16 bits per heavy atom. The van der Waals surface area contributed by atoms with Crippen molar-refractivity contribution in [1.82, 2.24) is 0 Å². The van der Waals surface area contributed by atoms with Crippen LogP contribution in [0.15, 0.2) is 40.9 Å². The van der Waals surface area contributed by atoms with Crippen LogP contribution >= 0.6 is 39.1 Å². The van der Waals surface area contributed by atoms with E-state index in [9.17, 15) is 0 Å². The van der Waals surface area contributed by atoms with Gasteiger partial charge in [-0.3, -0.25) is 0 Å². The van der Waals surface area contributed by atoms with Crippen LogP contribution in [0, 0.1) is 0 Å². The van der Waals surface area contributed by atoms with Gasteiger partial charge in [-0.15, -0.1) is 0 Å². The molecule has 2 aromatic rings. The molecule has 2 nitrogen and oxygen atoms in total. The van der Waals surface area contributed by atoms with E-state index in [1.54, 1.807) is 12.1 Å². The quantitative estimate of drug-likeness (QED) is 0.783. The van der Waals surface area contributed by atoms with Crippen molar-refractivity contribution in [3.63, 3.8) is 0 Å². The van der Waals surface area contributed by atoms with Crippen LogP contribution in [0.25, 0.3) is 0 Å². The van der Waals surface area contributed by atoms with Gasteiger partial charge in [-0.2, -0.15) is 0 Å². The van der Waals surface area contributed by atoms with Gasteiger partial charge in [0.25, 0.3) is 0 Å². The van der Waals surface area contributed by atoms with Crippen LogP contribution in [-0.4, -0.2) is 7.05 Å². The number of benzene rings is 2. The summed E-state index contributed by atoms with van der Waals surface area (Å²) in [4.78, 5) is 2.02. The molecule has 2 aromatic carbocycles. The van der Waals surface area contributed by atoms with Crippen molar-refractivity contribution in [2.45, 2.75) is 6.54 Å². The highest BCUT2D eigenvalue weighted by Gasteiger charge is 2.09. The molecule has 0 spiro atoms. The summed E-state index contributed by atoms with van der Waals surface area (Å²) in [7, 11) is 1.96. The molecule has 2 rings (SSSR count). The van der Waals surface area contributed by atoms with Crippen molar-refractivity contribution in [3.05, 3.63) is 56.5 Å². The van der Waals surface area contributed by atoms with E-state index in [1.165, 1.54) is 0 Å². The maximum Gasteiger partial charge on any atom is 0.0615 e. The Morgan fingerprint density at radius 3 is 2.58 bits per heavy atom. The third kappa shape index (κ3) is 3.56. The van der Waals surface area contributed by atoms with Gasteiger partial charge in [0, 0.05) is 28.1 Å². The van der Waals surface area contributed by atoms with Crippen LogP contribution in [-0.2, 0) is 6.54 Å². The van der Waals surface area contributed by atoms with Crippen molar-refractivity contribution >= 4 is 50.5 Å². The van der Waals surface area contributed by atoms with Crippen molar-refractivity contribution in [2.24, 2.45) is 0 Å². The molecule has 0 amide bonds. The van der Waals surface area contributed by atoms with Gasteiger partial charge in [-0.1, -0.05) is 45.2 Å². The maximum atomic E-state index is 6.22. The van der Waals surface area contributed by atoms with Crippen LogP contribution in [0.1, 0.15) is 5.56 Å². The number of nitrogens with two attached hydrogens (primary N) is 1. The number of hydrogen-bond donors (Lipinski definition) is 1. The van der Waals surface area contributed by atoms with Gasteiger partial charge in [0.15, 0.2) is 0 Å². The van der Waals surface area contributed by atoms with Crippen LogP contribution in [0.5, 0.6) is 0 Å². The highest BCUT2D eigenvalue weighted by Crippen LogP contribution is 2.29. The fourth-order valence-corrected chi connectivity index (χ4v) is 2.74. The van der Waals surface area contributed by atoms with Gasteiger partial charge < -0.3 is 10.6 Å². The average molecular weight is 360 g/mol. The molecule has 5 heteroatoms. The lowest BCUT2D eigenvalue weighted by Crippen LogP contribution is -2.18. The average Bonchev–Trinajstić information content (AvgIpc) is 2.35. The van der Waals surface area contributed by atoms with Crippen LogP contribution in [0.3, 0.4) is 0 Å². The van der Waals surface area contributed by atoms with Gasteiger partial charge >= 0.3 is 0 Å². The molecule has 0 atom stereocenters. The number of nitrogen functional groups attached to an aromatic ring is 1. The molecule has 19 heavy (non-hydrogen) atoms. The minimum atomic E-state index is 0.663. The fraction of sp³-hybridized carbons (Fsp3) is 0.143. The number of nitrogens with zero attached hydrogens (tertiary/aromatic N) is 1. The molecule has 2 N–H and O–H groups in total. The summed E-state index contributed by atoms with van der Waals surface area (Å²) in [5, 5.41) is 1.39. The first-order valence-corrected chi connectivity index (χ1v) is 7.22. The van der Waals surface area contributed by atoms with Crippen molar-refractivity contribution in [2.75, 3.05) is 17.7 Å². The van der Waals surface area contributed by atoms with Gasteiger partial charge in [0.05, 0.1) is 11.4 Å². The second-order valence-electron chi connectivity index (χ2n) is 4.29. The zero-order valence-corrected chi connectivity index (χ0v) is 13.4. The largest absolute Gasteiger partial charge is 0.397 e. The lowest BCUT2D eigenvalue weighted by Gasteiger charge is -2.22. The highest BCUT2D eigenvalue weighted by molar-refractivity contribution is 9.10. The molecule has 0 unspecified atom stereocenters. The van der Waals surface area contributed by atoms with E-state index in [2.05, 4.69) is 15.9 Å². The van der Waals surface area contributed by atoms with Crippen LogP contribution < -0.4 is 10.6 Å². The van der Waals surface area contributed by atoms with Gasteiger partial charge in [-0.25, -0.2) is 0 Å². The Kier molecular flexibility index (Phi) is 4.61. The molecule has 0 saturated heterocycles. The molecule has 0 saturated carbocycles. The summed E-state index contributed by atoms with van der Waals surface area (Å²) >= 11 is 15.6. The molecule has 0 bridgehead atoms. The van der Waals surface area contributed by atoms with E-state index in [4.69, 9.17) is 28.9 Å². The van der Waals surface area contributed by atoms with E-state index in [-0.39, 0.29) is 0 Å². The first-order valence-electron chi connectivity index (χ1n) is 5.67. The SMILES string of the molecule is CN(Cc1ccc(Br)cc1Cl)c1cc(Cl)ccc1N. The van der Waals surface area contributed by atoms with Crippen molar-refractivity contribution in [1.29, 1.82) is 0 Å². The van der Waals surface area contributed by atoms with Gasteiger partial charge in [0.2, 0.25) is 0 Å². The maximum absolute atomic E-state index is 6.22. The van der Waals surface area contributed by atoms with Gasteiger partial charge in [0.1, 0.15) is 0 Å². The summed E-state index contributed by atoms with van der Waals surface area (Å²) < 4.78 is 0.964. The lowest BCUT2D eigenvalue weighted by molar-refractivity contribution is 0.924. The monoisotopic (exact) mass is 358 g/mol. The van der Waals surface area contributed by atoms with Crippen LogP contribution in [0.4, 0.5) is 11.4 Å². The summed E-state index contributed by atoms with van der Waals surface area (Å²) in [5.41, 5.74) is 8.59. The summed E-state index contributed by atoms with van der Waals surface area (Å²) in [6.07, 6.45) is 0. The van der Waals surface area contributed by atoms with E-state index in [0.29, 0.717) is 17.3 Å². The number of anilines is 2. The standard InChI is InChI=1S/C14H13BrCl2N2/c1-19(14-7-11(16)4-5-13(14)18)8-9-2-3-10(15)6-12(9)17/h2-7H,8,18H2,1H3. The summed E-state index contributed by atoms with van der Waals surface area (Å²) in [6, 6.07) is 11.3. The topological polar surface area (TPSA) is 29.3 Å². The first kappa shape index (κ1) is 14.5.